The van der Waals surface area contributed by atoms with Crippen LogP contribution in [0.25, 0.3) is 0 Å². The van der Waals surface area contributed by atoms with Gasteiger partial charge in [-0.15, -0.1) is 5.10 Å². The first kappa shape index (κ1) is 22.6. The Labute approximate surface area is 185 Å². The molecular weight excluding hydrogens is 415 g/mol. The van der Waals surface area contributed by atoms with Crippen LogP contribution < -0.4 is 10.2 Å². The van der Waals surface area contributed by atoms with Crippen LogP contribution in [0.5, 0.6) is 0 Å². The number of aromatic nitrogens is 2. The first-order chi connectivity index (χ1) is 14.7. The lowest BCUT2D eigenvalue weighted by atomic mass is 9.99. The maximum atomic E-state index is 14.9. The number of aryl methyl sites for hydroxylation is 1. The molecule has 162 valence electrons. The summed E-state index contributed by atoms with van der Waals surface area (Å²) in [5, 5.41) is 8.26. The Morgan fingerprint density at radius 1 is 1.13 bits per heavy atom. The molecule has 0 spiro atoms. The molecule has 1 aromatic heterocycles. The quantitative estimate of drug-likeness (QED) is 0.611. The summed E-state index contributed by atoms with van der Waals surface area (Å²) in [5.41, 5.74) is 1.15. The lowest BCUT2D eigenvalue weighted by molar-refractivity contribution is -0.123. The fraction of sp³-hybridized carbons (Fsp3) is 0.304. The van der Waals surface area contributed by atoms with Crippen LogP contribution in [0, 0.1) is 5.82 Å². The number of hydrogen-bond donors (Lipinski definition) is 1. The number of para-hydroxylation sites is 1. The van der Waals surface area contributed by atoms with Gasteiger partial charge < -0.3 is 5.32 Å². The van der Waals surface area contributed by atoms with E-state index in [2.05, 4.69) is 14.9 Å². The third kappa shape index (κ3) is 5.32. The molecule has 3 aromatic rings. The van der Waals surface area contributed by atoms with Crippen molar-refractivity contribution in [3.05, 3.63) is 76.5 Å². The van der Waals surface area contributed by atoms with E-state index in [0.717, 1.165) is 28.4 Å². The van der Waals surface area contributed by atoms with Crippen LogP contribution in [0.1, 0.15) is 55.4 Å². The topological polar surface area (TPSA) is 75.2 Å². The van der Waals surface area contributed by atoms with Gasteiger partial charge in [-0.05, 0) is 62.0 Å². The highest BCUT2D eigenvalue weighted by Gasteiger charge is 2.36. The molecule has 0 saturated carbocycles. The Kier molecular flexibility index (Phi) is 6.80. The van der Waals surface area contributed by atoms with E-state index in [9.17, 15) is 14.0 Å². The first-order valence-corrected chi connectivity index (χ1v) is 10.8. The molecule has 0 aliphatic carbocycles. The van der Waals surface area contributed by atoms with Crippen LogP contribution in [0.4, 0.5) is 10.1 Å². The van der Waals surface area contributed by atoms with Gasteiger partial charge in [-0.3, -0.25) is 14.5 Å². The predicted molar refractivity (Wildman–Crippen MR) is 120 cm³/mol. The van der Waals surface area contributed by atoms with Gasteiger partial charge in [0.15, 0.2) is 5.69 Å². The summed E-state index contributed by atoms with van der Waals surface area (Å²) >= 11 is 1.01. The number of amides is 2. The average molecular weight is 441 g/mol. The summed E-state index contributed by atoms with van der Waals surface area (Å²) in [6, 6.07) is 12.2. The van der Waals surface area contributed by atoms with Crippen LogP contribution in [-0.2, 0) is 11.2 Å². The molecule has 0 saturated heterocycles. The van der Waals surface area contributed by atoms with Crippen LogP contribution in [0.3, 0.4) is 0 Å². The maximum absolute atomic E-state index is 14.9. The molecule has 0 aliphatic rings. The molecule has 2 aromatic carbocycles. The number of hydrogen-bond acceptors (Lipinski definition) is 5. The predicted octanol–water partition coefficient (Wildman–Crippen LogP) is 4.54. The number of carbonyl (C=O) groups is 2. The van der Waals surface area contributed by atoms with Crippen molar-refractivity contribution in [2.75, 3.05) is 4.90 Å². The first-order valence-electron chi connectivity index (χ1n) is 9.97. The number of nitrogens with one attached hydrogen (secondary N) is 1. The fourth-order valence-corrected chi connectivity index (χ4v) is 3.62. The van der Waals surface area contributed by atoms with Crippen molar-refractivity contribution in [1.29, 1.82) is 0 Å². The largest absolute Gasteiger partial charge is 0.349 e. The molecule has 0 aliphatic heterocycles. The van der Waals surface area contributed by atoms with Crippen LogP contribution in [-0.4, -0.2) is 26.9 Å². The van der Waals surface area contributed by atoms with E-state index in [1.165, 1.54) is 23.6 Å². The van der Waals surface area contributed by atoms with Crippen molar-refractivity contribution in [3.8, 4) is 0 Å². The zero-order valence-electron chi connectivity index (χ0n) is 17.9. The number of rotatable bonds is 6. The maximum Gasteiger partial charge on any atom is 0.280 e. The lowest BCUT2D eigenvalue weighted by Crippen LogP contribution is -2.49. The highest BCUT2D eigenvalue weighted by Crippen LogP contribution is 2.32. The van der Waals surface area contributed by atoms with Gasteiger partial charge in [-0.1, -0.05) is 47.8 Å². The SMILES string of the molecule is CCc1ccc([C@@H](C(=O)NC(C)(C)C)N(C(=O)c2csnn2)c2ccccc2F)cc1. The zero-order chi connectivity index (χ0) is 22.6. The summed E-state index contributed by atoms with van der Waals surface area (Å²) in [4.78, 5) is 28.1. The number of carbonyl (C=O) groups excluding carboxylic acids is 2. The van der Waals surface area contributed by atoms with Crippen molar-refractivity contribution in [1.82, 2.24) is 14.9 Å². The smallest absolute Gasteiger partial charge is 0.280 e. The van der Waals surface area contributed by atoms with Gasteiger partial charge in [0.25, 0.3) is 5.91 Å². The molecule has 3 rings (SSSR count). The molecule has 0 radical (unpaired) electrons. The van der Waals surface area contributed by atoms with Crippen molar-refractivity contribution in [3.63, 3.8) is 0 Å². The monoisotopic (exact) mass is 440 g/mol. The van der Waals surface area contributed by atoms with Gasteiger partial charge >= 0.3 is 0 Å². The molecular formula is C23H25FN4O2S. The third-order valence-corrected chi connectivity index (χ3v) is 5.12. The lowest BCUT2D eigenvalue weighted by Gasteiger charge is -2.33. The van der Waals surface area contributed by atoms with E-state index in [4.69, 9.17) is 0 Å². The number of halogens is 1. The minimum atomic E-state index is -1.10. The molecule has 1 N–H and O–H groups in total. The Balaban J connectivity index is 2.19. The van der Waals surface area contributed by atoms with Gasteiger partial charge in [0.05, 0.1) is 5.69 Å². The minimum Gasteiger partial charge on any atom is -0.349 e. The van der Waals surface area contributed by atoms with Crippen LogP contribution >= 0.6 is 11.5 Å². The van der Waals surface area contributed by atoms with Crippen molar-refractivity contribution in [2.24, 2.45) is 0 Å². The molecule has 1 atom stereocenters. The Morgan fingerprint density at radius 2 is 1.81 bits per heavy atom. The average Bonchev–Trinajstić information content (AvgIpc) is 3.26. The highest BCUT2D eigenvalue weighted by molar-refractivity contribution is 7.03. The van der Waals surface area contributed by atoms with E-state index >= 15 is 0 Å². The van der Waals surface area contributed by atoms with Crippen molar-refractivity contribution in [2.45, 2.75) is 45.7 Å². The summed E-state index contributed by atoms with van der Waals surface area (Å²) in [6.45, 7) is 7.58. The Hall–Kier alpha value is -3.13. The van der Waals surface area contributed by atoms with E-state index in [-0.39, 0.29) is 11.4 Å². The zero-order valence-corrected chi connectivity index (χ0v) is 18.7. The molecule has 8 heteroatoms. The standard InChI is InChI=1S/C23H25FN4O2S/c1-5-15-10-12-16(13-11-15)20(21(29)25-23(2,3)4)28(19-9-7-6-8-17(19)24)22(30)18-14-31-27-26-18/h6-14,20H,5H2,1-4H3,(H,25,29)/t20-/m0/s1. The second kappa shape index (κ2) is 9.34. The summed E-state index contributed by atoms with van der Waals surface area (Å²) in [5.74, 6) is -1.64. The van der Waals surface area contributed by atoms with Gasteiger partial charge in [-0.2, -0.15) is 0 Å². The van der Waals surface area contributed by atoms with E-state index in [1.54, 1.807) is 18.2 Å². The number of benzene rings is 2. The van der Waals surface area contributed by atoms with Gasteiger partial charge in [-0.25, -0.2) is 4.39 Å². The highest BCUT2D eigenvalue weighted by atomic mass is 32.1. The Bertz CT molecular complexity index is 1050. The Morgan fingerprint density at radius 3 is 2.35 bits per heavy atom. The van der Waals surface area contributed by atoms with Gasteiger partial charge in [0.1, 0.15) is 11.9 Å². The van der Waals surface area contributed by atoms with E-state index in [0.29, 0.717) is 5.56 Å². The molecule has 1 heterocycles. The van der Waals surface area contributed by atoms with Crippen LogP contribution in [0.15, 0.2) is 53.9 Å². The van der Waals surface area contributed by atoms with Crippen LogP contribution in [0.2, 0.25) is 0 Å². The molecule has 6 nitrogen and oxygen atoms in total. The third-order valence-electron chi connectivity index (χ3n) is 4.62. The molecule has 0 bridgehead atoms. The van der Waals surface area contributed by atoms with Gasteiger partial charge in [0, 0.05) is 10.9 Å². The molecule has 31 heavy (non-hydrogen) atoms. The number of anilines is 1. The molecule has 0 unspecified atom stereocenters. The van der Waals surface area contributed by atoms with Crippen molar-refractivity contribution >= 4 is 29.0 Å². The van der Waals surface area contributed by atoms with Crippen molar-refractivity contribution < 1.29 is 14.0 Å². The second-order valence-corrected chi connectivity index (χ2v) is 8.76. The second-order valence-electron chi connectivity index (χ2n) is 8.15. The summed E-state index contributed by atoms with van der Waals surface area (Å²) in [7, 11) is 0. The van der Waals surface area contributed by atoms with E-state index in [1.807, 2.05) is 39.8 Å². The van der Waals surface area contributed by atoms with Gasteiger partial charge in [0.2, 0.25) is 5.91 Å². The minimum absolute atomic E-state index is 0.00544. The summed E-state index contributed by atoms with van der Waals surface area (Å²) < 4.78 is 18.6. The normalized spacial score (nSPS) is 12.3. The molecule has 0 fully saturated rings. The fourth-order valence-electron chi connectivity index (χ4n) is 3.19. The van der Waals surface area contributed by atoms with E-state index < -0.39 is 29.2 Å². The summed E-state index contributed by atoms with van der Waals surface area (Å²) in [6.07, 6.45) is 0.833. The molecule has 2 amide bonds. The number of nitrogens with zero attached hydrogens (tertiary/aromatic N) is 3.